The summed E-state index contributed by atoms with van der Waals surface area (Å²) in [4.78, 5) is 37.6. The molecule has 0 radical (unpaired) electrons. The lowest BCUT2D eigenvalue weighted by Gasteiger charge is -2.23. The monoisotopic (exact) mass is 349 g/mol. The normalized spacial score (nSPS) is 17.8. The van der Waals surface area contributed by atoms with Gasteiger partial charge >= 0.3 is 6.03 Å². The van der Waals surface area contributed by atoms with Crippen molar-refractivity contribution in [3.8, 4) is 0 Å². The smallest absolute Gasteiger partial charge is 0.315 e. The molecule has 7 heteroatoms. The molecule has 0 unspecified atom stereocenters. The van der Waals surface area contributed by atoms with E-state index in [1.807, 2.05) is 0 Å². The van der Waals surface area contributed by atoms with Crippen LogP contribution in [-0.2, 0) is 0 Å². The molecule has 0 spiro atoms. The number of halogens is 1. The fraction of sp³-hybridized carbons (Fsp3) is 0.471. The van der Waals surface area contributed by atoms with Gasteiger partial charge in [0, 0.05) is 19.1 Å². The number of urea groups is 1. The third-order valence-electron chi connectivity index (χ3n) is 4.51. The molecule has 3 rings (SSSR count). The predicted molar refractivity (Wildman–Crippen MR) is 90.2 cm³/mol. The quantitative estimate of drug-likeness (QED) is 0.820. The van der Waals surface area contributed by atoms with Crippen LogP contribution in [0.5, 0.6) is 0 Å². The number of amides is 4. The second kappa shape index (κ2) is 7.21. The predicted octanol–water partition coefficient (Wildman–Crippen LogP) is 2.57. The maximum absolute atomic E-state index is 12.3. The van der Waals surface area contributed by atoms with Crippen molar-refractivity contribution in [2.45, 2.75) is 38.1 Å². The first-order valence-electron chi connectivity index (χ1n) is 8.27. The highest BCUT2D eigenvalue weighted by Gasteiger charge is 2.36. The van der Waals surface area contributed by atoms with Crippen LogP contribution in [0.15, 0.2) is 18.2 Å². The average molecular weight is 350 g/mol. The summed E-state index contributed by atoms with van der Waals surface area (Å²) >= 11 is 6.01. The van der Waals surface area contributed by atoms with E-state index >= 15 is 0 Å². The van der Waals surface area contributed by atoms with Gasteiger partial charge in [0.05, 0.1) is 16.1 Å². The highest BCUT2D eigenvalue weighted by atomic mass is 35.5. The molecular weight excluding hydrogens is 330 g/mol. The summed E-state index contributed by atoms with van der Waals surface area (Å²) in [6, 6.07) is 4.79. The summed E-state index contributed by atoms with van der Waals surface area (Å²) in [5.74, 6) is -0.776. The van der Waals surface area contributed by atoms with Crippen LogP contribution < -0.4 is 10.6 Å². The molecule has 128 valence electrons. The Hall–Kier alpha value is -2.08. The molecule has 0 atom stereocenters. The molecule has 6 nitrogen and oxygen atoms in total. The van der Waals surface area contributed by atoms with E-state index in [0.717, 1.165) is 30.6 Å². The van der Waals surface area contributed by atoms with Crippen molar-refractivity contribution in [1.29, 1.82) is 0 Å². The Labute approximate surface area is 145 Å². The van der Waals surface area contributed by atoms with Crippen molar-refractivity contribution < 1.29 is 14.4 Å². The minimum Gasteiger partial charge on any atom is -0.336 e. The molecule has 1 saturated carbocycles. The number of hydrogen-bond acceptors (Lipinski definition) is 3. The number of hydrogen-bond donors (Lipinski definition) is 2. The topological polar surface area (TPSA) is 78.5 Å². The molecule has 2 aliphatic rings. The van der Waals surface area contributed by atoms with E-state index in [2.05, 4.69) is 10.6 Å². The van der Waals surface area contributed by atoms with Crippen molar-refractivity contribution in [1.82, 2.24) is 15.5 Å². The van der Waals surface area contributed by atoms with Gasteiger partial charge in [-0.1, -0.05) is 36.9 Å². The summed E-state index contributed by atoms with van der Waals surface area (Å²) < 4.78 is 0. The van der Waals surface area contributed by atoms with Crippen LogP contribution in [0.25, 0.3) is 0 Å². The molecule has 1 aromatic rings. The molecular formula is C17H20ClN3O3. The zero-order valence-electron chi connectivity index (χ0n) is 13.3. The molecule has 4 amide bonds. The Morgan fingerprint density at radius 3 is 2.62 bits per heavy atom. The van der Waals surface area contributed by atoms with Crippen LogP contribution in [0.3, 0.4) is 0 Å². The molecule has 0 bridgehead atoms. The average Bonchev–Trinajstić information content (AvgIpc) is 2.81. The number of benzene rings is 1. The molecule has 1 aliphatic carbocycles. The van der Waals surface area contributed by atoms with Gasteiger partial charge in [0.1, 0.15) is 0 Å². The van der Waals surface area contributed by atoms with E-state index in [4.69, 9.17) is 11.6 Å². The van der Waals surface area contributed by atoms with Gasteiger partial charge in [-0.05, 0) is 25.0 Å². The van der Waals surface area contributed by atoms with Crippen molar-refractivity contribution >= 4 is 29.4 Å². The third-order valence-corrected chi connectivity index (χ3v) is 4.82. The summed E-state index contributed by atoms with van der Waals surface area (Å²) in [5, 5.41) is 5.92. The van der Waals surface area contributed by atoms with Gasteiger partial charge in [0.15, 0.2) is 0 Å². The fourth-order valence-corrected chi connectivity index (χ4v) is 3.52. The van der Waals surface area contributed by atoms with Crippen molar-refractivity contribution in [3.63, 3.8) is 0 Å². The second-order valence-electron chi connectivity index (χ2n) is 6.16. The minimum absolute atomic E-state index is 0.126. The molecule has 1 aliphatic heterocycles. The highest BCUT2D eigenvalue weighted by molar-refractivity contribution is 6.37. The molecule has 2 N–H and O–H groups in total. The first-order chi connectivity index (χ1) is 11.6. The first-order valence-corrected chi connectivity index (χ1v) is 8.65. The molecule has 0 aromatic heterocycles. The third kappa shape index (κ3) is 3.38. The second-order valence-corrected chi connectivity index (χ2v) is 6.57. The van der Waals surface area contributed by atoms with Crippen LogP contribution in [0.2, 0.25) is 5.02 Å². The first kappa shape index (κ1) is 16.8. The lowest BCUT2D eigenvalue weighted by Crippen LogP contribution is -2.45. The summed E-state index contributed by atoms with van der Waals surface area (Å²) in [7, 11) is 0. The Morgan fingerprint density at radius 2 is 1.92 bits per heavy atom. The van der Waals surface area contributed by atoms with Crippen molar-refractivity contribution in [3.05, 3.63) is 34.3 Å². The van der Waals surface area contributed by atoms with Gasteiger partial charge in [-0.3, -0.25) is 14.5 Å². The van der Waals surface area contributed by atoms with E-state index in [-0.39, 0.29) is 41.7 Å². The minimum atomic E-state index is -0.407. The van der Waals surface area contributed by atoms with E-state index in [1.54, 1.807) is 18.2 Å². The van der Waals surface area contributed by atoms with Crippen LogP contribution in [-0.4, -0.2) is 41.9 Å². The SMILES string of the molecule is O=C(NCCN1C(=O)c2cccc(Cl)c2C1=O)NC1CCCCC1. The van der Waals surface area contributed by atoms with E-state index in [0.29, 0.717) is 5.56 Å². The Morgan fingerprint density at radius 1 is 1.17 bits per heavy atom. The van der Waals surface area contributed by atoms with Gasteiger partial charge in [-0.25, -0.2) is 4.79 Å². The maximum Gasteiger partial charge on any atom is 0.315 e. The Bertz CT molecular complexity index is 671. The van der Waals surface area contributed by atoms with Gasteiger partial charge in [0.2, 0.25) is 0 Å². The zero-order valence-corrected chi connectivity index (χ0v) is 14.1. The number of nitrogens with zero attached hydrogens (tertiary/aromatic N) is 1. The molecule has 1 fully saturated rings. The summed E-state index contributed by atoms with van der Waals surface area (Å²) in [6.07, 6.45) is 5.51. The largest absolute Gasteiger partial charge is 0.336 e. The van der Waals surface area contributed by atoms with Gasteiger partial charge in [0.25, 0.3) is 11.8 Å². The molecule has 0 saturated heterocycles. The number of carbonyl (C=O) groups excluding carboxylic acids is 3. The number of imide groups is 1. The lowest BCUT2D eigenvalue weighted by molar-refractivity contribution is 0.0656. The van der Waals surface area contributed by atoms with Gasteiger partial charge in [-0.15, -0.1) is 0 Å². The summed E-state index contributed by atoms with van der Waals surface area (Å²) in [6.45, 7) is 0.336. The van der Waals surface area contributed by atoms with Crippen LogP contribution >= 0.6 is 11.6 Å². The standard InChI is InChI=1S/C17H20ClN3O3/c18-13-8-4-7-12-14(13)16(23)21(15(12)22)10-9-19-17(24)20-11-5-2-1-3-6-11/h4,7-8,11H,1-3,5-6,9-10H2,(H2,19,20,24). The van der Waals surface area contributed by atoms with Crippen molar-refractivity contribution in [2.24, 2.45) is 0 Å². The molecule has 24 heavy (non-hydrogen) atoms. The van der Waals surface area contributed by atoms with Gasteiger partial charge < -0.3 is 10.6 Å². The van der Waals surface area contributed by atoms with E-state index in [9.17, 15) is 14.4 Å². The fourth-order valence-electron chi connectivity index (χ4n) is 3.26. The molecule has 1 heterocycles. The molecule has 1 aromatic carbocycles. The Balaban J connectivity index is 1.51. The number of rotatable bonds is 4. The van der Waals surface area contributed by atoms with Crippen molar-refractivity contribution in [2.75, 3.05) is 13.1 Å². The van der Waals surface area contributed by atoms with Crippen LogP contribution in [0.1, 0.15) is 52.8 Å². The maximum atomic E-state index is 12.3. The number of carbonyl (C=O) groups is 3. The van der Waals surface area contributed by atoms with Crippen LogP contribution in [0.4, 0.5) is 4.79 Å². The van der Waals surface area contributed by atoms with E-state index in [1.165, 1.54) is 6.42 Å². The summed E-state index contributed by atoms with van der Waals surface area (Å²) in [5.41, 5.74) is 0.565. The lowest BCUT2D eigenvalue weighted by atomic mass is 9.96. The highest BCUT2D eigenvalue weighted by Crippen LogP contribution is 2.28. The van der Waals surface area contributed by atoms with E-state index < -0.39 is 5.91 Å². The zero-order chi connectivity index (χ0) is 17.1. The van der Waals surface area contributed by atoms with Gasteiger partial charge in [-0.2, -0.15) is 0 Å². The number of fused-ring (bicyclic) bond motifs is 1. The van der Waals surface area contributed by atoms with Crippen LogP contribution in [0, 0.1) is 0 Å². The number of nitrogens with one attached hydrogen (secondary N) is 2. The Kier molecular flexibility index (Phi) is 5.04.